The van der Waals surface area contributed by atoms with Crippen molar-refractivity contribution in [1.29, 1.82) is 0 Å². The van der Waals surface area contributed by atoms with E-state index in [0.29, 0.717) is 28.4 Å². The van der Waals surface area contributed by atoms with Crippen LogP contribution in [0.25, 0.3) is 28.4 Å². The van der Waals surface area contributed by atoms with Gasteiger partial charge in [0.1, 0.15) is 10.8 Å². The summed E-state index contributed by atoms with van der Waals surface area (Å²) in [6.07, 6.45) is 1.58. The molecule has 0 spiro atoms. The zero-order valence-corrected chi connectivity index (χ0v) is 19.6. The summed E-state index contributed by atoms with van der Waals surface area (Å²) < 4.78 is 7.02. The normalized spacial score (nSPS) is 11.1. The van der Waals surface area contributed by atoms with Gasteiger partial charge in [0.2, 0.25) is 5.91 Å². The fourth-order valence-corrected chi connectivity index (χ4v) is 4.35. The van der Waals surface area contributed by atoms with Gasteiger partial charge in [0.05, 0.1) is 23.2 Å². The number of aryl methyl sites for hydroxylation is 3. The van der Waals surface area contributed by atoms with Crippen molar-refractivity contribution < 1.29 is 9.21 Å². The number of carbonyl (C=O) groups is 1. The van der Waals surface area contributed by atoms with Gasteiger partial charge in [-0.25, -0.2) is 19.9 Å². The van der Waals surface area contributed by atoms with Crippen LogP contribution in [-0.4, -0.2) is 41.4 Å². The summed E-state index contributed by atoms with van der Waals surface area (Å²) in [5, 5.41) is 8.96. The lowest BCUT2D eigenvalue weighted by Gasteiger charge is -2.10. The van der Waals surface area contributed by atoms with Crippen LogP contribution in [0.3, 0.4) is 0 Å². The standard InChI is InChI=1S/C24H21N7O2S/c1-14-11-15(2)26-24(25-14)31-20(12-16(3)30-31)28-21(32)13-34-23-17-7-4-5-8-18(17)27-22(29-23)19-9-6-10-33-19/h4-12H,13H2,1-3H3,(H,28,32). The molecule has 1 N–H and O–H groups in total. The van der Waals surface area contributed by atoms with E-state index in [1.165, 1.54) is 11.8 Å². The highest BCUT2D eigenvalue weighted by Gasteiger charge is 2.16. The van der Waals surface area contributed by atoms with Gasteiger partial charge >= 0.3 is 0 Å². The lowest BCUT2D eigenvalue weighted by atomic mass is 10.2. The number of fused-ring (bicyclic) bond motifs is 1. The van der Waals surface area contributed by atoms with E-state index >= 15 is 0 Å². The van der Waals surface area contributed by atoms with Crippen LogP contribution < -0.4 is 5.32 Å². The highest BCUT2D eigenvalue weighted by molar-refractivity contribution is 8.00. The Bertz CT molecular complexity index is 1470. The lowest BCUT2D eigenvalue weighted by molar-refractivity contribution is -0.113. The van der Waals surface area contributed by atoms with E-state index < -0.39 is 0 Å². The van der Waals surface area contributed by atoms with Crippen LogP contribution in [0.2, 0.25) is 0 Å². The number of benzene rings is 1. The van der Waals surface area contributed by atoms with Crippen molar-refractivity contribution in [2.75, 3.05) is 11.1 Å². The van der Waals surface area contributed by atoms with Crippen LogP contribution in [0.4, 0.5) is 5.82 Å². The monoisotopic (exact) mass is 471 g/mol. The number of hydrogen-bond donors (Lipinski definition) is 1. The van der Waals surface area contributed by atoms with Crippen molar-refractivity contribution in [2.24, 2.45) is 0 Å². The van der Waals surface area contributed by atoms with E-state index in [4.69, 9.17) is 4.42 Å². The van der Waals surface area contributed by atoms with Crippen LogP contribution in [-0.2, 0) is 4.79 Å². The first-order valence-corrected chi connectivity index (χ1v) is 11.6. The number of rotatable bonds is 6. The second-order valence-electron chi connectivity index (χ2n) is 7.72. The topological polar surface area (TPSA) is 112 Å². The minimum absolute atomic E-state index is 0.149. The number of aromatic nitrogens is 6. The molecule has 5 aromatic rings. The molecule has 0 atom stereocenters. The summed E-state index contributed by atoms with van der Waals surface area (Å²) in [5.74, 6) is 1.93. The Kier molecular flexibility index (Phi) is 5.81. The van der Waals surface area contributed by atoms with Crippen molar-refractivity contribution in [3.05, 3.63) is 71.9 Å². The Balaban J connectivity index is 1.38. The summed E-state index contributed by atoms with van der Waals surface area (Å²) in [5.41, 5.74) is 3.18. The Hall–Kier alpha value is -4.05. The van der Waals surface area contributed by atoms with Crippen LogP contribution >= 0.6 is 11.8 Å². The molecule has 1 amide bonds. The highest BCUT2D eigenvalue weighted by atomic mass is 32.2. The van der Waals surface area contributed by atoms with E-state index in [1.807, 2.05) is 57.2 Å². The third-order valence-corrected chi connectivity index (χ3v) is 5.90. The van der Waals surface area contributed by atoms with Crippen molar-refractivity contribution in [3.63, 3.8) is 0 Å². The zero-order chi connectivity index (χ0) is 23.7. The Morgan fingerprint density at radius 2 is 1.76 bits per heavy atom. The number of nitrogens with one attached hydrogen (secondary N) is 1. The molecule has 0 aliphatic carbocycles. The van der Waals surface area contributed by atoms with Gasteiger partial charge in [-0.2, -0.15) is 9.78 Å². The maximum absolute atomic E-state index is 12.9. The smallest absolute Gasteiger partial charge is 0.252 e. The van der Waals surface area contributed by atoms with E-state index in [1.54, 1.807) is 23.1 Å². The average Bonchev–Trinajstić information content (AvgIpc) is 3.47. The van der Waals surface area contributed by atoms with E-state index in [-0.39, 0.29) is 11.7 Å². The molecule has 0 aliphatic rings. The minimum Gasteiger partial charge on any atom is -0.461 e. The molecule has 0 radical (unpaired) electrons. The molecule has 0 saturated carbocycles. The summed E-state index contributed by atoms with van der Waals surface area (Å²) in [6, 6.07) is 15.0. The first-order chi connectivity index (χ1) is 16.5. The molecule has 0 unspecified atom stereocenters. The molecule has 0 aliphatic heterocycles. The quantitative estimate of drug-likeness (QED) is 0.284. The summed E-state index contributed by atoms with van der Waals surface area (Å²) in [7, 11) is 0. The molecule has 5 rings (SSSR count). The van der Waals surface area contributed by atoms with Crippen LogP contribution in [0, 0.1) is 20.8 Å². The van der Waals surface area contributed by atoms with Gasteiger partial charge in [0.15, 0.2) is 11.6 Å². The van der Waals surface area contributed by atoms with Gasteiger partial charge in [0, 0.05) is 22.8 Å². The number of anilines is 1. The number of thioether (sulfide) groups is 1. The molecule has 4 heterocycles. The van der Waals surface area contributed by atoms with Crippen LogP contribution in [0.15, 0.2) is 64.2 Å². The summed E-state index contributed by atoms with van der Waals surface area (Å²) in [4.78, 5) is 31.0. The molecular formula is C24H21N7O2S. The zero-order valence-electron chi connectivity index (χ0n) is 18.8. The SMILES string of the molecule is Cc1cc(C)nc(-n2nc(C)cc2NC(=O)CSc2nc(-c3ccco3)nc3ccccc23)n1. The van der Waals surface area contributed by atoms with Gasteiger partial charge in [-0.15, -0.1) is 0 Å². The third kappa shape index (κ3) is 4.53. The molecular weight excluding hydrogens is 450 g/mol. The first-order valence-electron chi connectivity index (χ1n) is 10.6. The predicted octanol–water partition coefficient (Wildman–Crippen LogP) is 4.52. The van der Waals surface area contributed by atoms with E-state index in [2.05, 4.69) is 30.4 Å². The summed E-state index contributed by atoms with van der Waals surface area (Å²) >= 11 is 1.34. The van der Waals surface area contributed by atoms with Gasteiger partial charge in [-0.05, 0) is 45.0 Å². The van der Waals surface area contributed by atoms with Crippen molar-refractivity contribution in [1.82, 2.24) is 29.7 Å². The molecule has 170 valence electrons. The fourth-order valence-electron chi connectivity index (χ4n) is 3.53. The van der Waals surface area contributed by atoms with Gasteiger partial charge in [0.25, 0.3) is 5.95 Å². The molecule has 0 fully saturated rings. The molecule has 9 nitrogen and oxygen atoms in total. The highest BCUT2D eigenvalue weighted by Crippen LogP contribution is 2.28. The number of carbonyl (C=O) groups excluding carboxylic acids is 1. The number of hydrogen-bond acceptors (Lipinski definition) is 8. The third-order valence-electron chi connectivity index (χ3n) is 4.91. The Morgan fingerprint density at radius 1 is 0.971 bits per heavy atom. The van der Waals surface area contributed by atoms with Gasteiger partial charge < -0.3 is 9.73 Å². The molecule has 0 saturated heterocycles. The average molecular weight is 472 g/mol. The Labute approximate surface area is 199 Å². The van der Waals surface area contributed by atoms with E-state index in [9.17, 15) is 4.79 Å². The van der Waals surface area contributed by atoms with Gasteiger partial charge in [-0.3, -0.25) is 4.79 Å². The lowest BCUT2D eigenvalue weighted by Crippen LogP contribution is -2.18. The van der Waals surface area contributed by atoms with E-state index in [0.717, 1.165) is 28.0 Å². The maximum Gasteiger partial charge on any atom is 0.252 e. The fraction of sp³-hybridized carbons (Fsp3) is 0.167. The second-order valence-corrected chi connectivity index (χ2v) is 8.68. The Morgan fingerprint density at radius 3 is 2.53 bits per heavy atom. The maximum atomic E-state index is 12.9. The second kappa shape index (κ2) is 9.06. The predicted molar refractivity (Wildman–Crippen MR) is 130 cm³/mol. The molecule has 10 heteroatoms. The van der Waals surface area contributed by atoms with Crippen molar-refractivity contribution in [2.45, 2.75) is 25.8 Å². The molecule has 1 aromatic carbocycles. The minimum atomic E-state index is -0.197. The van der Waals surface area contributed by atoms with Crippen molar-refractivity contribution in [3.8, 4) is 17.5 Å². The van der Waals surface area contributed by atoms with Crippen molar-refractivity contribution >= 4 is 34.4 Å². The van der Waals surface area contributed by atoms with Gasteiger partial charge in [-0.1, -0.05) is 30.0 Å². The number of amides is 1. The molecule has 0 bridgehead atoms. The molecule has 4 aromatic heterocycles. The number of furan rings is 1. The number of para-hydroxylation sites is 1. The molecule has 34 heavy (non-hydrogen) atoms. The number of nitrogens with zero attached hydrogens (tertiary/aromatic N) is 6. The first kappa shape index (κ1) is 21.8. The summed E-state index contributed by atoms with van der Waals surface area (Å²) in [6.45, 7) is 5.64. The largest absolute Gasteiger partial charge is 0.461 e. The van der Waals surface area contributed by atoms with Crippen LogP contribution in [0.1, 0.15) is 17.1 Å². The van der Waals surface area contributed by atoms with Crippen LogP contribution in [0.5, 0.6) is 0 Å².